The van der Waals surface area contributed by atoms with Gasteiger partial charge in [-0.3, -0.25) is 14.5 Å². The van der Waals surface area contributed by atoms with Crippen LogP contribution in [0.2, 0.25) is 5.02 Å². The second-order valence-corrected chi connectivity index (χ2v) is 7.74. The first-order valence-corrected chi connectivity index (χ1v) is 9.72. The van der Waals surface area contributed by atoms with Gasteiger partial charge in [-0.2, -0.15) is 5.10 Å². The van der Waals surface area contributed by atoms with Gasteiger partial charge >= 0.3 is 0 Å². The number of ether oxygens (including phenoxy) is 1. The van der Waals surface area contributed by atoms with Crippen molar-refractivity contribution >= 4 is 29.7 Å². The SMILES string of the molecule is O=C(Cn1c(-c2ccc(Cl)cc2)n[nH]c1=S)N[C@@H]1CCC[C@H]2OCC[C@@H]12. The van der Waals surface area contributed by atoms with Crippen molar-refractivity contribution in [1.29, 1.82) is 0 Å². The summed E-state index contributed by atoms with van der Waals surface area (Å²) in [4.78, 5) is 12.7. The molecular formula is C18H21ClN4O2S. The number of fused-ring (bicyclic) bond motifs is 1. The number of carbonyl (C=O) groups is 1. The third kappa shape index (κ3) is 3.56. The second kappa shape index (κ2) is 7.50. The number of aromatic nitrogens is 3. The van der Waals surface area contributed by atoms with Gasteiger partial charge in [0.05, 0.1) is 6.10 Å². The van der Waals surface area contributed by atoms with Gasteiger partial charge in [0.15, 0.2) is 10.6 Å². The number of nitrogens with one attached hydrogen (secondary N) is 2. The van der Waals surface area contributed by atoms with Gasteiger partial charge in [0.2, 0.25) is 5.91 Å². The van der Waals surface area contributed by atoms with Gasteiger partial charge in [0, 0.05) is 29.2 Å². The van der Waals surface area contributed by atoms with Crippen LogP contribution < -0.4 is 5.32 Å². The summed E-state index contributed by atoms with van der Waals surface area (Å²) in [6.07, 6.45) is 4.53. The van der Waals surface area contributed by atoms with Gasteiger partial charge in [-0.1, -0.05) is 11.6 Å². The maximum atomic E-state index is 12.7. The molecule has 1 aliphatic heterocycles. The molecule has 0 unspecified atom stereocenters. The number of benzene rings is 1. The topological polar surface area (TPSA) is 71.9 Å². The number of amides is 1. The van der Waals surface area contributed by atoms with Gasteiger partial charge in [0.25, 0.3) is 0 Å². The smallest absolute Gasteiger partial charge is 0.240 e. The number of H-pyrrole nitrogens is 1. The van der Waals surface area contributed by atoms with Crippen molar-refractivity contribution in [3.8, 4) is 11.4 Å². The standard InChI is InChI=1S/C18H21ClN4O2S/c19-12-6-4-11(5-7-12)17-21-22-18(26)23(17)10-16(24)20-14-2-1-3-15-13(14)8-9-25-15/h4-7,13-15H,1-3,8-10H2,(H,20,24)(H,22,26)/t13-,14+,15+/m0/s1. The molecule has 8 heteroatoms. The molecule has 2 aliphatic rings. The number of hydrogen-bond acceptors (Lipinski definition) is 4. The molecule has 1 aliphatic carbocycles. The lowest BCUT2D eigenvalue weighted by molar-refractivity contribution is -0.123. The van der Waals surface area contributed by atoms with Crippen LogP contribution in [0.3, 0.4) is 0 Å². The molecule has 2 N–H and O–H groups in total. The Morgan fingerprint density at radius 2 is 2.15 bits per heavy atom. The number of halogens is 1. The fourth-order valence-electron chi connectivity index (χ4n) is 4.03. The predicted molar refractivity (Wildman–Crippen MR) is 101 cm³/mol. The molecule has 0 spiro atoms. The van der Waals surface area contributed by atoms with Crippen LogP contribution in [0.25, 0.3) is 11.4 Å². The van der Waals surface area contributed by atoms with E-state index in [2.05, 4.69) is 15.5 Å². The van der Waals surface area contributed by atoms with Gasteiger partial charge in [-0.15, -0.1) is 0 Å². The highest BCUT2D eigenvalue weighted by atomic mass is 35.5. The molecule has 1 aromatic carbocycles. The maximum Gasteiger partial charge on any atom is 0.240 e. The zero-order valence-corrected chi connectivity index (χ0v) is 15.9. The van der Waals surface area contributed by atoms with E-state index in [-0.39, 0.29) is 18.5 Å². The highest BCUT2D eigenvalue weighted by Gasteiger charge is 2.38. The van der Waals surface area contributed by atoms with E-state index in [9.17, 15) is 4.79 Å². The lowest BCUT2D eigenvalue weighted by atomic mass is 9.82. The molecular weight excluding hydrogens is 372 g/mol. The number of rotatable bonds is 4. The second-order valence-electron chi connectivity index (χ2n) is 6.91. The van der Waals surface area contributed by atoms with Crippen molar-refractivity contribution in [2.75, 3.05) is 6.61 Å². The summed E-state index contributed by atoms with van der Waals surface area (Å²) in [5.74, 6) is 1.02. The van der Waals surface area contributed by atoms with E-state index < -0.39 is 0 Å². The first kappa shape index (κ1) is 17.7. The first-order chi connectivity index (χ1) is 12.6. The van der Waals surface area contributed by atoms with Crippen LogP contribution in [-0.2, 0) is 16.1 Å². The molecule has 2 aromatic rings. The summed E-state index contributed by atoms with van der Waals surface area (Å²) in [5.41, 5.74) is 0.858. The number of hydrogen-bond donors (Lipinski definition) is 2. The molecule has 0 bridgehead atoms. The van der Waals surface area contributed by atoms with E-state index in [4.69, 9.17) is 28.6 Å². The molecule has 26 heavy (non-hydrogen) atoms. The molecule has 6 nitrogen and oxygen atoms in total. The van der Waals surface area contributed by atoms with Gasteiger partial charge in [0.1, 0.15) is 6.54 Å². The Balaban J connectivity index is 1.49. The van der Waals surface area contributed by atoms with Crippen molar-refractivity contribution < 1.29 is 9.53 Å². The first-order valence-electron chi connectivity index (χ1n) is 8.94. The minimum absolute atomic E-state index is 0.0461. The molecule has 4 rings (SSSR count). The highest BCUT2D eigenvalue weighted by molar-refractivity contribution is 7.71. The van der Waals surface area contributed by atoms with E-state index in [1.54, 1.807) is 16.7 Å². The van der Waals surface area contributed by atoms with E-state index in [0.29, 0.717) is 27.6 Å². The molecule has 3 atom stereocenters. The lowest BCUT2D eigenvalue weighted by Crippen LogP contribution is -2.46. The van der Waals surface area contributed by atoms with E-state index in [1.807, 2.05) is 12.1 Å². The molecule has 138 valence electrons. The Kier molecular flexibility index (Phi) is 5.11. The van der Waals surface area contributed by atoms with Gasteiger partial charge in [-0.05, 0) is 62.2 Å². The van der Waals surface area contributed by atoms with Crippen LogP contribution in [0.5, 0.6) is 0 Å². The third-order valence-electron chi connectivity index (χ3n) is 5.29. The summed E-state index contributed by atoms with van der Waals surface area (Å²) in [6.45, 7) is 0.942. The predicted octanol–water partition coefficient (Wildman–Crippen LogP) is 3.33. The Morgan fingerprint density at radius 3 is 2.96 bits per heavy atom. The summed E-state index contributed by atoms with van der Waals surface area (Å²) >= 11 is 11.3. The minimum atomic E-state index is -0.0461. The number of carbonyl (C=O) groups excluding carboxylic acids is 1. The van der Waals surface area contributed by atoms with Crippen LogP contribution in [0.15, 0.2) is 24.3 Å². The summed E-state index contributed by atoms with van der Waals surface area (Å²) in [5, 5.41) is 10.9. The summed E-state index contributed by atoms with van der Waals surface area (Å²) < 4.78 is 7.93. The van der Waals surface area contributed by atoms with Crippen LogP contribution in [-0.4, -0.2) is 39.4 Å². The fraction of sp³-hybridized carbons (Fsp3) is 0.500. The molecule has 1 amide bonds. The van der Waals surface area contributed by atoms with Gasteiger partial charge in [-0.25, -0.2) is 0 Å². The Bertz CT molecular complexity index is 848. The van der Waals surface area contributed by atoms with Crippen molar-refractivity contribution in [2.45, 2.75) is 44.4 Å². The summed E-state index contributed by atoms with van der Waals surface area (Å²) in [6, 6.07) is 7.50. The van der Waals surface area contributed by atoms with Crippen LogP contribution in [0.1, 0.15) is 25.7 Å². The summed E-state index contributed by atoms with van der Waals surface area (Å²) in [7, 11) is 0. The van der Waals surface area contributed by atoms with E-state index >= 15 is 0 Å². The quantitative estimate of drug-likeness (QED) is 0.783. The minimum Gasteiger partial charge on any atom is -0.378 e. The van der Waals surface area contributed by atoms with Crippen molar-refractivity contribution in [3.05, 3.63) is 34.1 Å². The Hall–Kier alpha value is -1.70. The van der Waals surface area contributed by atoms with Crippen LogP contribution >= 0.6 is 23.8 Å². The average molecular weight is 393 g/mol. The zero-order valence-electron chi connectivity index (χ0n) is 14.3. The van der Waals surface area contributed by atoms with Crippen LogP contribution in [0.4, 0.5) is 0 Å². The molecule has 0 radical (unpaired) electrons. The Labute approximate surface area is 161 Å². The Morgan fingerprint density at radius 1 is 1.35 bits per heavy atom. The monoisotopic (exact) mass is 392 g/mol. The fourth-order valence-corrected chi connectivity index (χ4v) is 4.36. The number of aromatic amines is 1. The van der Waals surface area contributed by atoms with E-state index in [0.717, 1.165) is 37.9 Å². The van der Waals surface area contributed by atoms with Gasteiger partial charge < -0.3 is 10.1 Å². The normalized spacial score (nSPS) is 25.0. The maximum absolute atomic E-state index is 12.7. The highest BCUT2D eigenvalue weighted by Crippen LogP contribution is 2.34. The average Bonchev–Trinajstić information content (AvgIpc) is 3.24. The molecule has 2 fully saturated rings. The molecule has 1 saturated carbocycles. The molecule has 1 saturated heterocycles. The van der Waals surface area contributed by atoms with Crippen LogP contribution in [0, 0.1) is 10.7 Å². The zero-order chi connectivity index (χ0) is 18.1. The van der Waals surface area contributed by atoms with Crippen molar-refractivity contribution in [2.24, 2.45) is 5.92 Å². The number of nitrogens with zero attached hydrogens (tertiary/aromatic N) is 2. The lowest BCUT2D eigenvalue weighted by Gasteiger charge is -2.33. The van der Waals surface area contributed by atoms with E-state index in [1.165, 1.54) is 0 Å². The third-order valence-corrected chi connectivity index (χ3v) is 5.85. The molecule has 1 aromatic heterocycles. The largest absolute Gasteiger partial charge is 0.378 e. The molecule has 2 heterocycles. The van der Waals surface area contributed by atoms with Crippen molar-refractivity contribution in [1.82, 2.24) is 20.1 Å². The van der Waals surface area contributed by atoms with Crippen molar-refractivity contribution in [3.63, 3.8) is 0 Å².